The molecule has 0 aliphatic heterocycles. The van der Waals surface area contributed by atoms with Crippen LogP contribution in [0.1, 0.15) is 13.3 Å². The number of ether oxygens (including phenoxy) is 2. The van der Waals surface area contributed by atoms with Crippen LogP contribution in [0, 0.1) is 5.92 Å². The minimum absolute atomic E-state index is 0.190. The highest BCUT2D eigenvalue weighted by Crippen LogP contribution is 2.29. The van der Waals surface area contributed by atoms with Crippen LogP contribution in [0.5, 0.6) is 11.5 Å². The lowest BCUT2D eigenvalue weighted by Gasteiger charge is -2.16. The highest BCUT2D eigenvalue weighted by Gasteiger charge is 2.08. The van der Waals surface area contributed by atoms with E-state index in [0.717, 1.165) is 30.2 Å². The lowest BCUT2D eigenvalue weighted by molar-refractivity contribution is 0.230. The van der Waals surface area contributed by atoms with Crippen molar-refractivity contribution < 1.29 is 14.6 Å². The van der Waals surface area contributed by atoms with E-state index in [2.05, 4.69) is 12.2 Å². The first-order valence-electron chi connectivity index (χ1n) is 5.81. The topological polar surface area (TPSA) is 50.7 Å². The Morgan fingerprint density at radius 2 is 2.06 bits per heavy atom. The maximum Gasteiger partial charge on any atom is 0.142 e. The molecule has 17 heavy (non-hydrogen) atoms. The molecule has 0 saturated heterocycles. The lowest BCUT2D eigenvalue weighted by atomic mass is 10.1. The fourth-order valence-corrected chi connectivity index (χ4v) is 1.54. The molecule has 0 amide bonds. The van der Waals surface area contributed by atoms with Gasteiger partial charge in [0.15, 0.2) is 0 Å². The minimum Gasteiger partial charge on any atom is -0.497 e. The van der Waals surface area contributed by atoms with E-state index in [1.54, 1.807) is 14.2 Å². The molecule has 1 unspecified atom stereocenters. The Bertz CT molecular complexity index is 337. The predicted octanol–water partition coefficient (Wildman–Crippen LogP) is 2.13. The van der Waals surface area contributed by atoms with Gasteiger partial charge in [-0.25, -0.2) is 0 Å². The molecule has 0 spiro atoms. The zero-order chi connectivity index (χ0) is 12.7. The lowest BCUT2D eigenvalue weighted by Crippen LogP contribution is -2.17. The molecule has 0 aliphatic carbocycles. The van der Waals surface area contributed by atoms with Crippen molar-refractivity contribution in [3.63, 3.8) is 0 Å². The Morgan fingerprint density at radius 1 is 1.29 bits per heavy atom. The van der Waals surface area contributed by atoms with Gasteiger partial charge in [0, 0.05) is 19.2 Å². The summed E-state index contributed by atoms with van der Waals surface area (Å²) >= 11 is 0. The van der Waals surface area contributed by atoms with Gasteiger partial charge in [0.25, 0.3) is 0 Å². The van der Waals surface area contributed by atoms with E-state index in [1.807, 2.05) is 18.2 Å². The number of aliphatic hydroxyl groups excluding tert-OH is 1. The van der Waals surface area contributed by atoms with Gasteiger partial charge in [-0.1, -0.05) is 6.92 Å². The second-order valence-corrected chi connectivity index (χ2v) is 3.90. The molecule has 1 rings (SSSR count). The van der Waals surface area contributed by atoms with Crippen LogP contribution in [0.2, 0.25) is 0 Å². The molecule has 0 aliphatic rings. The van der Waals surface area contributed by atoms with Crippen molar-refractivity contribution in [1.29, 1.82) is 0 Å². The molecule has 0 heterocycles. The largest absolute Gasteiger partial charge is 0.497 e. The number of hydrogen-bond donors (Lipinski definition) is 2. The fourth-order valence-electron chi connectivity index (χ4n) is 1.54. The normalized spacial score (nSPS) is 12.0. The molecule has 0 bridgehead atoms. The smallest absolute Gasteiger partial charge is 0.142 e. The maximum absolute atomic E-state index is 9.14. The zero-order valence-electron chi connectivity index (χ0n) is 10.7. The van der Waals surface area contributed by atoms with Gasteiger partial charge in [0.05, 0.1) is 19.9 Å². The van der Waals surface area contributed by atoms with Crippen molar-refractivity contribution in [2.24, 2.45) is 5.92 Å². The van der Waals surface area contributed by atoms with Crippen molar-refractivity contribution in [3.8, 4) is 11.5 Å². The number of methoxy groups -OCH3 is 2. The Kier molecular flexibility index (Phi) is 5.63. The number of nitrogens with one attached hydrogen (secondary N) is 1. The average molecular weight is 239 g/mol. The summed E-state index contributed by atoms with van der Waals surface area (Å²) in [6.45, 7) is 2.97. The number of rotatable bonds is 7. The quantitative estimate of drug-likeness (QED) is 0.765. The van der Waals surface area contributed by atoms with Gasteiger partial charge in [0.2, 0.25) is 0 Å². The van der Waals surface area contributed by atoms with Gasteiger partial charge in [-0.3, -0.25) is 0 Å². The summed E-state index contributed by atoms with van der Waals surface area (Å²) in [7, 11) is 3.27. The molecule has 0 saturated carbocycles. The monoisotopic (exact) mass is 239 g/mol. The summed E-state index contributed by atoms with van der Waals surface area (Å²) in [5, 5.41) is 12.4. The van der Waals surface area contributed by atoms with Crippen molar-refractivity contribution in [2.75, 3.05) is 32.7 Å². The molecule has 96 valence electrons. The van der Waals surface area contributed by atoms with Crippen LogP contribution >= 0.6 is 0 Å². The SMILES string of the molecule is CCC(CO)CNc1cc(OC)ccc1OC. The van der Waals surface area contributed by atoms with Gasteiger partial charge in [0.1, 0.15) is 11.5 Å². The molecule has 4 heteroatoms. The van der Waals surface area contributed by atoms with E-state index in [1.165, 1.54) is 0 Å². The highest BCUT2D eigenvalue weighted by atomic mass is 16.5. The van der Waals surface area contributed by atoms with Gasteiger partial charge in [-0.05, 0) is 24.5 Å². The zero-order valence-corrected chi connectivity index (χ0v) is 10.7. The summed E-state index contributed by atoms with van der Waals surface area (Å²) in [4.78, 5) is 0. The molecular formula is C13H21NO3. The first-order chi connectivity index (χ1) is 8.24. The van der Waals surface area contributed by atoms with E-state index in [-0.39, 0.29) is 12.5 Å². The molecule has 0 radical (unpaired) electrons. The Balaban J connectivity index is 2.73. The van der Waals surface area contributed by atoms with Crippen LogP contribution in [0.3, 0.4) is 0 Å². The number of aliphatic hydroxyl groups is 1. The Morgan fingerprint density at radius 3 is 2.59 bits per heavy atom. The molecule has 1 aromatic rings. The number of hydrogen-bond acceptors (Lipinski definition) is 4. The van der Waals surface area contributed by atoms with Crippen molar-refractivity contribution in [3.05, 3.63) is 18.2 Å². The third kappa shape index (κ3) is 3.82. The summed E-state index contributed by atoms with van der Waals surface area (Å²) < 4.78 is 10.4. The van der Waals surface area contributed by atoms with Gasteiger partial charge < -0.3 is 19.9 Å². The van der Waals surface area contributed by atoms with Crippen LogP contribution in [0.15, 0.2) is 18.2 Å². The second-order valence-electron chi connectivity index (χ2n) is 3.90. The standard InChI is InChI=1S/C13H21NO3/c1-4-10(9-15)8-14-12-7-11(16-2)5-6-13(12)17-3/h5-7,10,14-15H,4,8-9H2,1-3H3. The van der Waals surface area contributed by atoms with Crippen LogP contribution in [-0.2, 0) is 0 Å². The summed E-state index contributed by atoms with van der Waals surface area (Å²) in [5.41, 5.74) is 0.888. The van der Waals surface area contributed by atoms with E-state index in [9.17, 15) is 0 Å². The predicted molar refractivity (Wildman–Crippen MR) is 68.9 cm³/mol. The number of anilines is 1. The molecule has 0 aromatic heterocycles. The van der Waals surface area contributed by atoms with Gasteiger partial charge in [-0.2, -0.15) is 0 Å². The third-order valence-corrected chi connectivity index (χ3v) is 2.82. The summed E-state index contributed by atoms with van der Waals surface area (Å²) in [6, 6.07) is 5.61. The summed E-state index contributed by atoms with van der Waals surface area (Å²) in [6.07, 6.45) is 0.940. The maximum atomic E-state index is 9.14. The molecule has 2 N–H and O–H groups in total. The van der Waals surface area contributed by atoms with Gasteiger partial charge in [-0.15, -0.1) is 0 Å². The second kappa shape index (κ2) is 7.01. The molecular weight excluding hydrogens is 218 g/mol. The van der Waals surface area contributed by atoms with Crippen LogP contribution in [0.25, 0.3) is 0 Å². The Hall–Kier alpha value is -1.42. The molecule has 0 fully saturated rings. The van der Waals surface area contributed by atoms with Crippen molar-refractivity contribution in [2.45, 2.75) is 13.3 Å². The minimum atomic E-state index is 0.190. The van der Waals surface area contributed by atoms with E-state index >= 15 is 0 Å². The highest BCUT2D eigenvalue weighted by molar-refractivity contribution is 5.59. The van der Waals surface area contributed by atoms with E-state index in [4.69, 9.17) is 14.6 Å². The number of benzene rings is 1. The first kappa shape index (κ1) is 13.6. The van der Waals surface area contributed by atoms with Crippen molar-refractivity contribution in [1.82, 2.24) is 0 Å². The molecule has 4 nitrogen and oxygen atoms in total. The molecule has 1 aromatic carbocycles. The van der Waals surface area contributed by atoms with E-state index in [0.29, 0.717) is 0 Å². The molecule has 1 atom stereocenters. The van der Waals surface area contributed by atoms with Crippen molar-refractivity contribution >= 4 is 5.69 Å². The van der Waals surface area contributed by atoms with Crippen LogP contribution in [-0.4, -0.2) is 32.5 Å². The van der Waals surface area contributed by atoms with Gasteiger partial charge >= 0.3 is 0 Å². The Labute approximate surface area is 103 Å². The van der Waals surface area contributed by atoms with Crippen LogP contribution < -0.4 is 14.8 Å². The fraction of sp³-hybridized carbons (Fsp3) is 0.538. The third-order valence-electron chi connectivity index (χ3n) is 2.82. The average Bonchev–Trinajstić information content (AvgIpc) is 2.39. The van der Waals surface area contributed by atoms with E-state index < -0.39 is 0 Å². The summed E-state index contributed by atoms with van der Waals surface area (Å²) in [5.74, 6) is 1.81. The first-order valence-corrected chi connectivity index (χ1v) is 5.81. The van der Waals surface area contributed by atoms with Crippen LogP contribution in [0.4, 0.5) is 5.69 Å².